The van der Waals surface area contributed by atoms with E-state index in [9.17, 15) is 14.7 Å². The molecule has 108 valence electrons. The van der Waals surface area contributed by atoms with Crippen molar-refractivity contribution in [2.24, 2.45) is 11.7 Å². The Morgan fingerprint density at radius 2 is 2.16 bits per heavy atom. The third-order valence-corrected chi connectivity index (χ3v) is 4.43. The summed E-state index contributed by atoms with van der Waals surface area (Å²) in [6.45, 7) is 2.28. The number of urea groups is 1. The van der Waals surface area contributed by atoms with Gasteiger partial charge < -0.3 is 15.7 Å². The lowest BCUT2D eigenvalue weighted by Gasteiger charge is -2.47. The average molecular weight is 269 g/mol. The number of carbonyl (C=O) groups is 2. The molecule has 1 aliphatic carbocycles. The molecule has 0 aromatic heterocycles. The van der Waals surface area contributed by atoms with Crippen LogP contribution in [0.2, 0.25) is 0 Å². The second-order valence-corrected chi connectivity index (χ2v) is 5.76. The van der Waals surface area contributed by atoms with Crippen LogP contribution in [0.5, 0.6) is 0 Å². The highest BCUT2D eigenvalue weighted by atomic mass is 16.3. The predicted octanol–water partition coefficient (Wildman–Crippen LogP) is 0.198. The molecule has 0 spiro atoms. The van der Waals surface area contributed by atoms with Crippen molar-refractivity contribution in [1.29, 1.82) is 0 Å². The van der Waals surface area contributed by atoms with Crippen molar-refractivity contribution in [3.63, 3.8) is 0 Å². The van der Waals surface area contributed by atoms with Crippen molar-refractivity contribution in [3.8, 4) is 0 Å². The van der Waals surface area contributed by atoms with Crippen LogP contribution in [-0.2, 0) is 4.79 Å². The van der Waals surface area contributed by atoms with E-state index in [-0.39, 0.29) is 12.3 Å². The molecule has 6 nitrogen and oxygen atoms in total. The number of nitrogens with one attached hydrogen (secondary N) is 1. The van der Waals surface area contributed by atoms with Crippen molar-refractivity contribution < 1.29 is 14.7 Å². The number of aliphatic hydroxyl groups is 1. The summed E-state index contributed by atoms with van der Waals surface area (Å²) in [5.74, 6) is -0.00817. The molecule has 1 heterocycles. The minimum atomic E-state index is -0.801. The SMILES string of the molecule is NC(=O)NC(=O)CCN1CCC2(O)CCCCC2C1. The molecule has 1 saturated carbocycles. The highest BCUT2D eigenvalue weighted by Crippen LogP contribution is 2.39. The standard InChI is InChI=1S/C13H23N3O3/c14-12(18)15-11(17)4-7-16-8-6-13(19)5-2-1-3-10(13)9-16/h10,19H,1-9H2,(H3,14,15,17,18). The molecule has 0 bridgehead atoms. The van der Waals surface area contributed by atoms with Crippen LogP contribution in [0, 0.1) is 5.92 Å². The van der Waals surface area contributed by atoms with Crippen LogP contribution in [0.3, 0.4) is 0 Å². The molecule has 2 aliphatic rings. The number of nitrogens with zero attached hydrogens (tertiary/aromatic N) is 1. The van der Waals surface area contributed by atoms with Gasteiger partial charge in [0.25, 0.3) is 0 Å². The molecule has 4 N–H and O–H groups in total. The van der Waals surface area contributed by atoms with Crippen LogP contribution >= 0.6 is 0 Å². The number of hydrogen-bond acceptors (Lipinski definition) is 4. The van der Waals surface area contributed by atoms with Gasteiger partial charge in [0.05, 0.1) is 5.60 Å². The fourth-order valence-electron chi connectivity index (χ4n) is 3.30. The average Bonchev–Trinajstić information content (AvgIpc) is 2.35. The van der Waals surface area contributed by atoms with Crippen LogP contribution in [0.4, 0.5) is 4.79 Å². The molecule has 2 fully saturated rings. The normalized spacial score (nSPS) is 31.5. The Morgan fingerprint density at radius 3 is 2.89 bits per heavy atom. The molecular weight excluding hydrogens is 246 g/mol. The fourth-order valence-corrected chi connectivity index (χ4v) is 3.30. The summed E-state index contributed by atoms with van der Waals surface area (Å²) in [5.41, 5.74) is 4.41. The number of nitrogens with two attached hydrogens (primary N) is 1. The molecule has 2 unspecified atom stereocenters. The summed E-state index contributed by atoms with van der Waals surface area (Å²) >= 11 is 0. The van der Waals surface area contributed by atoms with Gasteiger partial charge in [0.1, 0.15) is 0 Å². The monoisotopic (exact) mass is 269 g/mol. The van der Waals surface area contributed by atoms with Crippen molar-refractivity contribution in [1.82, 2.24) is 10.2 Å². The summed E-state index contributed by atoms with van der Waals surface area (Å²) in [6, 6.07) is -0.801. The second-order valence-electron chi connectivity index (χ2n) is 5.76. The van der Waals surface area contributed by atoms with Gasteiger partial charge in [-0.3, -0.25) is 10.1 Å². The Morgan fingerprint density at radius 1 is 1.37 bits per heavy atom. The summed E-state index contributed by atoms with van der Waals surface area (Å²) in [7, 11) is 0. The third kappa shape index (κ3) is 3.67. The van der Waals surface area contributed by atoms with Gasteiger partial charge in [-0.2, -0.15) is 0 Å². The lowest BCUT2D eigenvalue weighted by molar-refractivity contribution is -0.121. The van der Waals surface area contributed by atoms with E-state index < -0.39 is 11.6 Å². The number of amides is 3. The van der Waals surface area contributed by atoms with Gasteiger partial charge in [-0.25, -0.2) is 4.79 Å². The molecule has 0 aromatic carbocycles. The molecule has 6 heteroatoms. The Hall–Kier alpha value is -1.14. The van der Waals surface area contributed by atoms with E-state index in [1.807, 2.05) is 0 Å². The van der Waals surface area contributed by atoms with Crippen LogP contribution in [0.1, 0.15) is 38.5 Å². The van der Waals surface area contributed by atoms with Crippen molar-refractivity contribution in [2.75, 3.05) is 19.6 Å². The van der Waals surface area contributed by atoms with E-state index >= 15 is 0 Å². The maximum Gasteiger partial charge on any atom is 0.318 e. The number of carbonyl (C=O) groups excluding carboxylic acids is 2. The Bertz CT molecular complexity index is 361. The molecule has 1 saturated heterocycles. The Kier molecular flexibility index (Phi) is 4.42. The first-order chi connectivity index (χ1) is 8.99. The molecule has 2 rings (SSSR count). The lowest BCUT2D eigenvalue weighted by Crippen LogP contribution is -2.53. The summed E-state index contributed by atoms with van der Waals surface area (Å²) in [5, 5.41) is 12.6. The molecule has 0 aromatic rings. The summed E-state index contributed by atoms with van der Waals surface area (Å²) in [4.78, 5) is 24.1. The highest BCUT2D eigenvalue weighted by Gasteiger charge is 2.42. The van der Waals surface area contributed by atoms with Gasteiger partial charge in [-0.05, 0) is 19.3 Å². The van der Waals surface area contributed by atoms with E-state index in [2.05, 4.69) is 10.2 Å². The lowest BCUT2D eigenvalue weighted by atomic mass is 9.71. The largest absolute Gasteiger partial charge is 0.390 e. The van der Waals surface area contributed by atoms with Crippen LogP contribution < -0.4 is 11.1 Å². The van der Waals surface area contributed by atoms with Gasteiger partial charge in [0.15, 0.2) is 0 Å². The molecule has 2 atom stereocenters. The van der Waals surface area contributed by atoms with E-state index in [0.717, 1.165) is 38.8 Å². The minimum Gasteiger partial charge on any atom is -0.390 e. The van der Waals surface area contributed by atoms with E-state index in [4.69, 9.17) is 5.73 Å². The Balaban J connectivity index is 1.78. The highest BCUT2D eigenvalue weighted by molar-refractivity contribution is 5.93. The quantitative estimate of drug-likeness (QED) is 0.682. The van der Waals surface area contributed by atoms with Crippen LogP contribution in [0.25, 0.3) is 0 Å². The van der Waals surface area contributed by atoms with Gasteiger partial charge in [-0.1, -0.05) is 12.8 Å². The molecule has 1 aliphatic heterocycles. The topological polar surface area (TPSA) is 95.7 Å². The number of imide groups is 1. The molecular formula is C13H23N3O3. The zero-order valence-electron chi connectivity index (χ0n) is 11.2. The first kappa shape index (κ1) is 14.3. The van der Waals surface area contributed by atoms with Crippen molar-refractivity contribution in [2.45, 2.75) is 44.1 Å². The second kappa shape index (κ2) is 5.88. The number of piperidine rings is 1. The zero-order chi connectivity index (χ0) is 13.9. The van der Waals surface area contributed by atoms with Gasteiger partial charge in [-0.15, -0.1) is 0 Å². The molecule has 0 radical (unpaired) electrons. The minimum absolute atomic E-state index is 0.272. The number of hydrogen-bond donors (Lipinski definition) is 3. The molecule has 3 amide bonds. The third-order valence-electron chi connectivity index (χ3n) is 4.43. The zero-order valence-corrected chi connectivity index (χ0v) is 11.2. The maximum atomic E-state index is 11.4. The fraction of sp³-hybridized carbons (Fsp3) is 0.846. The van der Waals surface area contributed by atoms with E-state index in [1.54, 1.807) is 0 Å². The van der Waals surface area contributed by atoms with E-state index in [1.165, 1.54) is 6.42 Å². The summed E-state index contributed by atoms with van der Waals surface area (Å²) < 4.78 is 0. The Labute approximate surface area is 113 Å². The first-order valence-electron chi connectivity index (χ1n) is 7.04. The molecule has 19 heavy (non-hydrogen) atoms. The summed E-state index contributed by atoms with van der Waals surface area (Å²) in [6.07, 6.45) is 5.34. The number of primary amides is 1. The maximum absolute atomic E-state index is 11.4. The van der Waals surface area contributed by atoms with Crippen LogP contribution in [-0.4, -0.2) is 47.2 Å². The van der Waals surface area contributed by atoms with Crippen molar-refractivity contribution >= 4 is 11.9 Å². The van der Waals surface area contributed by atoms with Crippen molar-refractivity contribution in [3.05, 3.63) is 0 Å². The number of fused-ring (bicyclic) bond motifs is 1. The van der Waals surface area contributed by atoms with Gasteiger partial charge in [0.2, 0.25) is 5.91 Å². The predicted molar refractivity (Wildman–Crippen MR) is 70.3 cm³/mol. The van der Waals surface area contributed by atoms with E-state index in [0.29, 0.717) is 12.5 Å². The van der Waals surface area contributed by atoms with Gasteiger partial charge >= 0.3 is 6.03 Å². The number of rotatable bonds is 3. The number of likely N-dealkylation sites (tertiary alicyclic amines) is 1. The van der Waals surface area contributed by atoms with Gasteiger partial charge in [0, 0.05) is 32.0 Å². The first-order valence-corrected chi connectivity index (χ1v) is 7.04. The van der Waals surface area contributed by atoms with Crippen LogP contribution in [0.15, 0.2) is 0 Å². The smallest absolute Gasteiger partial charge is 0.318 e.